The fourth-order valence-corrected chi connectivity index (χ4v) is 2.85. The Hall–Kier alpha value is -1.97. The van der Waals surface area contributed by atoms with Crippen LogP contribution in [0.2, 0.25) is 5.02 Å². The number of hydrogen-bond donors (Lipinski definition) is 2. The van der Waals surface area contributed by atoms with Gasteiger partial charge in [-0.05, 0) is 18.2 Å². The van der Waals surface area contributed by atoms with E-state index in [9.17, 15) is 13.2 Å². The third kappa shape index (κ3) is 3.13. The summed E-state index contributed by atoms with van der Waals surface area (Å²) in [5.41, 5.74) is -0.186. The molecular formula is C10H8ClN3O5S. The first-order valence-corrected chi connectivity index (χ1v) is 7.04. The summed E-state index contributed by atoms with van der Waals surface area (Å²) in [5.74, 6) is -1.12. The molecule has 0 bridgehead atoms. The average molecular weight is 318 g/mol. The molecule has 1 heterocycles. The van der Waals surface area contributed by atoms with E-state index in [1.54, 1.807) is 0 Å². The van der Waals surface area contributed by atoms with Gasteiger partial charge in [0.25, 0.3) is 0 Å². The van der Waals surface area contributed by atoms with E-state index in [-0.39, 0.29) is 27.9 Å². The molecule has 0 saturated carbocycles. The number of aromatic carboxylic acids is 1. The van der Waals surface area contributed by atoms with Gasteiger partial charge in [0.1, 0.15) is 4.90 Å². The molecule has 20 heavy (non-hydrogen) atoms. The van der Waals surface area contributed by atoms with Gasteiger partial charge in [-0.1, -0.05) is 16.8 Å². The molecule has 2 N–H and O–H groups in total. The summed E-state index contributed by atoms with van der Waals surface area (Å²) < 4.78 is 30.8. The molecule has 1 aromatic carbocycles. The minimum absolute atomic E-state index is 0.0874. The zero-order chi connectivity index (χ0) is 14.8. The first-order chi connectivity index (χ1) is 9.40. The first-order valence-electron chi connectivity index (χ1n) is 5.18. The second-order valence-electron chi connectivity index (χ2n) is 3.62. The van der Waals surface area contributed by atoms with Crippen molar-refractivity contribution in [1.29, 1.82) is 0 Å². The van der Waals surface area contributed by atoms with Crippen LogP contribution in [0.3, 0.4) is 0 Å². The summed E-state index contributed by atoms with van der Waals surface area (Å²) in [7, 11) is -3.99. The molecule has 0 spiro atoms. The van der Waals surface area contributed by atoms with E-state index >= 15 is 0 Å². The number of benzene rings is 1. The molecule has 0 fully saturated rings. The van der Waals surface area contributed by atoms with Crippen molar-refractivity contribution in [2.45, 2.75) is 11.4 Å². The summed E-state index contributed by atoms with van der Waals surface area (Å²) in [4.78, 5) is 14.2. The number of carbonyl (C=O) groups is 1. The first kappa shape index (κ1) is 14.4. The number of carboxylic acid groups (broad SMARTS) is 1. The molecule has 0 amide bonds. The van der Waals surface area contributed by atoms with Gasteiger partial charge in [-0.15, -0.1) is 0 Å². The highest BCUT2D eigenvalue weighted by molar-refractivity contribution is 7.89. The Balaban J connectivity index is 2.28. The number of sulfonamides is 1. The van der Waals surface area contributed by atoms with Crippen molar-refractivity contribution in [1.82, 2.24) is 14.9 Å². The average Bonchev–Trinajstić information content (AvgIpc) is 2.89. The van der Waals surface area contributed by atoms with Crippen LogP contribution in [-0.2, 0) is 16.6 Å². The maximum atomic E-state index is 12.0. The maximum absolute atomic E-state index is 12.0. The normalized spacial score (nSPS) is 11.4. The third-order valence-electron chi connectivity index (χ3n) is 2.29. The van der Waals surface area contributed by atoms with Crippen LogP contribution in [0, 0.1) is 0 Å². The fourth-order valence-electron chi connectivity index (χ4n) is 1.35. The van der Waals surface area contributed by atoms with Crippen LogP contribution in [0.4, 0.5) is 0 Å². The smallest absolute Gasteiger partial charge is 0.335 e. The second kappa shape index (κ2) is 5.57. The largest absolute Gasteiger partial charge is 0.478 e. The molecule has 106 valence electrons. The second-order valence-corrected chi connectivity index (χ2v) is 5.76. The Bertz CT molecular complexity index is 729. The van der Waals surface area contributed by atoms with Gasteiger partial charge in [0, 0.05) is 0 Å². The quantitative estimate of drug-likeness (QED) is 0.839. The molecule has 2 aromatic rings. The summed E-state index contributed by atoms with van der Waals surface area (Å²) >= 11 is 5.78. The van der Waals surface area contributed by atoms with Gasteiger partial charge in [-0.3, -0.25) is 0 Å². The van der Waals surface area contributed by atoms with Crippen LogP contribution < -0.4 is 4.72 Å². The van der Waals surface area contributed by atoms with Crippen molar-refractivity contribution in [3.63, 3.8) is 0 Å². The molecule has 0 aliphatic heterocycles. The van der Waals surface area contributed by atoms with E-state index in [2.05, 4.69) is 19.4 Å². The number of hydrogen-bond acceptors (Lipinski definition) is 6. The fraction of sp³-hybridized carbons (Fsp3) is 0.100. The third-order valence-corrected chi connectivity index (χ3v) is 4.18. The van der Waals surface area contributed by atoms with E-state index in [1.165, 1.54) is 12.1 Å². The van der Waals surface area contributed by atoms with Crippen LogP contribution >= 0.6 is 11.6 Å². The molecular weight excluding hydrogens is 310 g/mol. The van der Waals surface area contributed by atoms with Crippen molar-refractivity contribution < 1.29 is 22.8 Å². The molecule has 0 atom stereocenters. The Morgan fingerprint density at radius 3 is 2.80 bits per heavy atom. The Morgan fingerprint density at radius 2 is 2.20 bits per heavy atom. The number of nitrogens with one attached hydrogen (secondary N) is 1. The molecule has 0 aliphatic carbocycles. The Morgan fingerprint density at radius 1 is 1.45 bits per heavy atom. The van der Waals surface area contributed by atoms with Crippen molar-refractivity contribution in [2.24, 2.45) is 0 Å². The van der Waals surface area contributed by atoms with Crippen LogP contribution in [-0.4, -0.2) is 29.6 Å². The summed E-state index contributed by atoms with van der Waals surface area (Å²) in [5, 5.41) is 12.2. The molecule has 0 unspecified atom stereocenters. The van der Waals surface area contributed by atoms with Gasteiger partial charge in [-0.25, -0.2) is 17.9 Å². The standard InChI is InChI=1S/C10H8ClN3O5S/c11-7-2-1-6(10(15)16)3-8(7)20(17,18)13-4-9-12-5-19-14-9/h1-3,5,13H,4H2,(H,15,16). The summed E-state index contributed by atoms with van der Waals surface area (Å²) in [6.07, 6.45) is 1.06. The lowest BCUT2D eigenvalue weighted by molar-refractivity contribution is 0.0696. The maximum Gasteiger partial charge on any atom is 0.335 e. The van der Waals surface area contributed by atoms with E-state index in [1.807, 2.05) is 0 Å². The molecule has 8 nitrogen and oxygen atoms in total. The van der Waals surface area contributed by atoms with E-state index in [0.717, 1.165) is 12.5 Å². The number of nitrogens with zero attached hydrogens (tertiary/aromatic N) is 2. The number of aromatic nitrogens is 2. The molecule has 0 aliphatic rings. The lowest BCUT2D eigenvalue weighted by atomic mass is 10.2. The van der Waals surface area contributed by atoms with Crippen LogP contribution in [0.25, 0.3) is 0 Å². The molecule has 2 rings (SSSR count). The number of halogens is 1. The van der Waals surface area contributed by atoms with Gasteiger partial charge in [0.2, 0.25) is 16.4 Å². The van der Waals surface area contributed by atoms with Crippen LogP contribution in [0.15, 0.2) is 34.0 Å². The highest BCUT2D eigenvalue weighted by atomic mass is 35.5. The monoisotopic (exact) mass is 317 g/mol. The van der Waals surface area contributed by atoms with Crippen molar-refractivity contribution in [3.05, 3.63) is 41.0 Å². The highest BCUT2D eigenvalue weighted by Gasteiger charge is 2.20. The van der Waals surface area contributed by atoms with Crippen molar-refractivity contribution in [2.75, 3.05) is 0 Å². The van der Waals surface area contributed by atoms with Gasteiger partial charge in [0.15, 0.2) is 5.82 Å². The van der Waals surface area contributed by atoms with E-state index in [0.29, 0.717) is 0 Å². The minimum Gasteiger partial charge on any atom is -0.478 e. The molecule has 10 heteroatoms. The lowest BCUT2D eigenvalue weighted by Crippen LogP contribution is -2.24. The lowest BCUT2D eigenvalue weighted by Gasteiger charge is -2.07. The van der Waals surface area contributed by atoms with Crippen molar-refractivity contribution >= 4 is 27.6 Å². The summed E-state index contributed by atoms with van der Waals surface area (Å²) in [6.45, 7) is -0.202. The van der Waals surface area contributed by atoms with Crippen LogP contribution in [0.5, 0.6) is 0 Å². The Labute approximate surface area is 118 Å². The molecule has 0 saturated heterocycles. The topological polar surface area (TPSA) is 122 Å². The van der Waals surface area contributed by atoms with Crippen LogP contribution in [0.1, 0.15) is 16.2 Å². The van der Waals surface area contributed by atoms with Gasteiger partial charge in [-0.2, -0.15) is 4.98 Å². The minimum atomic E-state index is -3.99. The predicted octanol–water partition coefficient (Wildman–Crippen LogP) is 0.900. The van der Waals surface area contributed by atoms with Gasteiger partial charge in [0.05, 0.1) is 17.1 Å². The van der Waals surface area contributed by atoms with E-state index in [4.69, 9.17) is 16.7 Å². The van der Waals surface area contributed by atoms with Gasteiger partial charge >= 0.3 is 5.97 Å². The predicted molar refractivity (Wildman–Crippen MR) is 66.7 cm³/mol. The number of carboxylic acids is 1. The number of rotatable bonds is 5. The zero-order valence-electron chi connectivity index (χ0n) is 9.78. The van der Waals surface area contributed by atoms with Crippen molar-refractivity contribution in [3.8, 4) is 0 Å². The summed E-state index contributed by atoms with van der Waals surface area (Å²) in [6, 6.07) is 3.39. The Kier molecular flexibility index (Phi) is 4.02. The van der Waals surface area contributed by atoms with E-state index < -0.39 is 16.0 Å². The highest BCUT2D eigenvalue weighted by Crippen LogP contribution is 2.22. The molecule has 1 aromatic heterocycles. The molecule has 0 radical (unpaired) electrons. The zero-order valence-corrected chi connectivity index (χ0v) is 11.3. The van der Waals surface area contributed by atoms with Gasteiger partial charge < -0.3 is 9.63 Å². The SMILES string of the molecule is O=C(O)c1ccc(Cl)c(S(=O)(=O)NCc2ncon2)c1.